The summed E-state index contributed by atoms with van der Waals surface area (Å²) in [5, 5.41) is 1.95. The highest BCUT2D eigenvalue weighted by Crippen LogP contribution is 2.29. The second-order valence-electron chi connectivity index (χ2n) is 8.77. The summed E-state index contributed by atoms with van der Waals surface area (Å²) < 4.78 is 0. The number of nitrogens with zero attached hydrogens (tertiary/aromatic N) is 4. The number of amides is 1. The second kappa shape index (κ2) is 8.60. The van der Waals surface area contributed by atoms with Gasteiger partial charge < -0.3 is 9.88 Å². The Morgan fingerprint density at radius 1 is 1.31 bits per heavy atom. The number of fused-ring (bicyclic) bond motifs is 1. The van der Waals surface area contributed by atoms with Crippen LogP contribution in [0.15, 0.2) is 34.7 Å². The van der Waals surface area contributed by atoms with Crippen LogP contribution in [0, 0.1) is 13.8 Å². The average Bonchev–Trinajstić information content (AvgIpc) is 3.41. The monoisotopic (exact) mass is 449 g/mol. The van der Waals surface area contributed by atoms with Crippen molar-refractivity contribution in [3.63, 3.8) is 0 Å². The molecule has 0 spiro atoms. The molecule has 166 valence electrons. The van der Waals surface area contributed by atoms with Gasteiger partial charge in [0.15, 0.2) is 0 Å². The maximum atomic E-state index is 13.0. The third-order valence-electron chi connectivity index (χ3n) is 6.68. The molecular formula is C24H27N5O2S. The van der Waals surface area contributed by atoms with Crippen LogP contribution in [0.5, 0.6) is 0 Å². The van der Waals surface area contributed by atoms with Crippen LogP contribution >= 0.6 is 11.3 Å². The van der Waals surface area contributed by atoms with E-state index < -0.39 is 0 Å². The molecule has 7 nitrogen and oxygen atoms in total. The predicted molar refractivity (Wildman–Crippen MR) is 124 cm³/mol. The van der Waals surface area contributed by atoms with Crippen LogP contribution in [0.1, 0.15) is 55.8 Å². The zero-order valence-electron chi connectivity index (χ0n) is 18.4. The van der Waals surface area contributed by atoms with Crippen molar-refractivity contribution in [2.24, 2.45) is 0 Å². The minimum atomic E-state index is -0.0277. The van der Waals surface area contributed by atoms with Gasteiger partial charge in [-0.15, -0.1) is 11.3 Å². The number of carbonyl (C=O) groups excluding carboxylic acids is 1. The third kappa shape index (κ3) is 4.00. The molecule has 0 bridgehead atoms. The van der Waals surface area contributed by atoms with Crippen LogP contribution in [0.4, 0.5) is 0 Å². The Labute approximate surface area is 191 Å². The number of hydrogen-bond donors (Lipinski definition) is 1. The Kier molecular flexibility index (Phi) is 5.65. The highest BCUT2D eigenvalue weighted by atomic mass is 32.1. The van der Waals surface area contributed by atoms with Crippen LogP contribution in [-0.4, -0.2) is 50.3 Å². The molecule has 8 heteroatoms. The van der Waals surface area contributed by atoms with E-state index in [4.69, 9.17) is 4.98 Å². The summed E-state index contributed by atoms with van der Waals surface area (Å²) in [6, 6.07) is 4.01. The lowest BCUT2D eigenvalue weighted by molar-refractivity contribution is 0.0790. The van der Waals surface area contributed by atoms with E-state index in [2.05, 4.69) is 20.9 Å². The SMILES string of the molecule is Cc1scc(C(=O)N2CCC(c3nc4c(c(=O)[nH]3)CCN(Cc3cccnc3)C4)C2)c1C. The van der Waals surface area contributed by atoms with Gasteiger partial charge in [0, 0.05) is 66.9 Å². The van der Waals surface area contributed by atoms with Crippen molar-refractivity contribution in [3.05, 3.63) is 78.9 Å². The zero-order valence-corrected chi connectivity index (χ0v) is 19.2. The number of hydrogen-bond acceptors (Lipinski definition) is 6. The predicted octanol–water partition coefficient (Wildman–Crippen LogP) is 3.03. The summed E-state index contributed by atoms with van der Waals surface area (Å²) in [4.78, 5) is 43.3. The fourth-order valence-corrected chi connectivity index (χ4v) is 5.51. The fourth-order valence-electron chi connectivity index (χ4n) is 4.65. The second-order valence-corrected chi connectivity index (χ2v) is 9.85. The van der Waals surface area contributed by atoms with Crippen molar-refractivity contribution in [3.8, 4) is 0 Å². The van der Waals surface area contributed by atoms with Gasteiger partial charge in [-0.25, -0.2) is 4.98 Å². The molecule has 32 heavy (non-hydrogen) atoms. The number of carbonyl (C=O) groups is 1. The van der Waals surface area contributed by atoms with Crippen molar-refractivity contribution in [2.45, 2.75) is 45.7 Å². The summed E-state index contributed by atoms with van der Waals surface area (Å²) in [6.45, 7) is 7.61. The highest BCUT2D eigenvalue weighted by molar-refractivity contribution is 7.10. The molecule has 0 saturated carbocycles. The summed E-state index contributed by atoms with van der Waals surface area (Å²) in [5.41, 5.74) is 4.66. The van der Waals surface area contributed by atoms with E-state index in [9.17, 15) is 9.59 Å². The van der Waals surface area contributed by atoms with Crippen LogP contribution in [-0.2, 0) is 19.5 Å². The molecule has 1 amide bonds. The van der Waals surface area contributed by atoms with Gasteiger partial charge in [0.25, 0.3) is 11.5 Å². The van der Waals surface area contributed by atoms with E-state index >= 15 is 0 Å². The average molecular weight is 450 g/mol. The molecule has 1 atom stereocenters. The van der Waals surface area contributed by atoms with E-state index in [0.717, 1.165) is 47.5 Å². The molecule has 2 aliphatic rings. The number of rotatable bonds is 4. The van der Waals surface area contributed by atoms with Crippen molar-refractivity contribution in [1.82, 2.24) is 24.8 Å². The number of H-pyrrole nitrogens is 1. The fraction of sp³-hybridized carbons (Fsp3) is 0.417. The minimum Gasteiger partial charge on any atom is -0.338 e. The first kappa shape index (κ1) is 21.0. The van der Waals surface area contributed by atoms with Gasteiger partial charge in [-0.1, -0.05) is 6.07 Å². The van der Waals surface area contributed by atoms with Gasteiger partial charge in [-0.2, -0.15) is 0 Å². The highest BCUT2D eigenvalue weighted by Gasteiger charge is 2.32. The molecule has 0 aromatic carbocycles. The molecule has 5 heterocycles. The van der Waals surface area contributed by atoms with Gasteiger partial charge in [-0.05, 0) is 43.9 Å². The molecule has 3 aromatic rings. The molecule has 1 fully saturated rings. The number of pyridine rings is 1. The molecule has 0 aliphatic carbocycles. The molecular weight excluding hydrogens is 422 g/mol. The summed E-state index contributed by atoms with van der Waals surface area (Å²) in [5.74, 6) is 0.855. The lowest BCUT2D eigenvalue weighted by Crippen LogP contribution is -2.36. The lowest BCUT2D eigenvalue weighted by Gasteiger charge is -2.28. The summed E-state index contributed by atoms with van der Waals surface area (Å²) in [7, 11) is 0. The van der Waals surface area contributed by atoms with Gasteiger partial charge in [0.1, 0.15) is 5.82 Å². The Morgan fingerprint density at radius 3 is 2.94 bits per heavy atom. The van der Waals surface area contributed by atoms with Gasteiger partial charge in [0.05, 0.1) is 11.3 Å². The number of aromatic nitrogens is 3. The van der Waals surface area contributed by atoms with Crippen molar-refractivity contribution in [1.29, 1.82) is 0 Å². The Morgan fingerprint density at radius 2 is 2.19 bits per heavy atom. The Hall–Kier alpha value is -2.84. The molecule has 2 aliphatic heterocycles. The Bertz CT molecular complexity index is 1200. The molecule has 0 radical (unpaired) electrons. The van der Waals surface area contributed by atoms with Crippen LogP contribution < -0.4 is 5.56 Å². The molecule has 1 N–H and O–H groups in total. The molecule has 1 unspecified atom stereocenters. The maximum Gasteiger partial charge on any atom is 0.254 e. The van der Waals surface area contributed by atoms with Crippen LogP contribution in [0.25, 0.3) is 0 Å². The van der Waals surface area contributed by atoms with Gasteiger partial charge >= 0.3 is 0 Å². The minimum absolute atomic E-state index is 0.0277. The standard InChI is InChI=1S/C24H27N5O2S/c1-15-16(2)32-14-20(15)24(31)29-9-5-18(12-29)22-26-21-13-28(8-6-19(21)23(30)27-22)11-17-4-3-7-25-10-17/h3-4,7,10,14,18H,5-6,8-9,11-13H2,1-2H3,(H,26,27,30). The van der Waals surface area contributed by atoms with Crippen molar-refractivity contribution in [2.75, 3.05) is 19.6 Å². The van der Waals surface area contributed by atoms with E-state index in [1.54, 1.807) is 17.5 Å². The first-order chi connectivity index (χ1) is 15.5. The summed E-state index contributed by atoms with van der Waals surface area (Å²) >= 11 is 1.62. The van der Waals surface area contributed by atoms with Crippen LogP contribution in [0.3, 0.4) is 0 Å². The van der Waals surface area contributed by atoms with Gasteiger partial charge in [0.2, 0.25) is 0 Å². The van der Waals surface area contributed by atoms with Crippen molar-refractivity contribution >= 4 is 17.2 Å². The number of likely N-dealkylation sites (tertiary alicyclic amines) is 1. The number of aryl methyl sites for hydroxylation is 1. The zero-order chi connectivity index (χ0) is 22.2. The number of thiophene rings is 1. The largest absolute Gasteiger partial charge is 0.338 e. The summed E-state index contributed by atoms with van der Waals surface area (Å²) in [6.07, 6.45) is 5.17. The lowest BCUT2D eigenvalue weighted by atomic mass is 10.0. The van der Waals surface area contributed by atoms with E-state index in [1.807, 2.05) is 36.4 Å². The quantitative estimate of drug-likeness (QED) is 0.662. The van der Waals surface area contributed by atoms with E-state index in [1.165, 1.54) is 4.88 Å². The van der Waals surface area contributed by atoms with Crippen molar-refractivity contribution < 1.29 is 4.79 Å². The number of nitrogens with one attached hydrogen (secondary N) is 1. The van der Waals surface area contributed by atoms with Gasteiger partial charge in [-0.3, -0.25) is 19.5 Å². The normalized spacial score (nSPS) is 18.7. The van der Waals surface area contributed by atoms with Crippen LogP contribution in [0.2, 0.25) is 0 Å². The van der Waals surface area contributed by atoms with E-state index in [-0.39, 0.29) is 17.4 Å². The Balaban J connectivity index is 1.32. The maximum absolute atomic E-state index is 13.0. The molecule has 5 rings (SSSR count). The smallest absolute Gasteiger partial charge is 0.254 e. The first-order valence-electron chi connectivity index (χ1n) is 11.1. The topological polar surface area (TPSA) is 82.2 Å². The third-order valence-corrected chi connectivity index (χ3v) is 7.69. The molecule has 1 saturated heterocycles. The first-order valence-corrected chi connectivity index (χ1v) is 11.9. The number of aromatic amines is 1. The molecule has 3 aromatic heterocycles. The van der Waals surface area contributed by atoms with E-state index in [0.29, 0.717) is 31.9 Å².